The maximum absolute atomic E-state index is 13.8. The summed E-state index contributed by atoms with van der Waals surface area (Å²) in [6.07, 6.45) is 5.13. The van der Waals surface area contributed by atoms with E-state index in [-0.39, 0.29) is 27.8 Å². The van der Waals surface area contributed by atoms with E-state index in [2.05, 4.69) is 15.3 Å². The van der Waals surface area contributed by atoms with Crippen molar-refractivity contribution in [3.8, 4) is 0 Å². The highest BCUT2D eigenvalue weighted by atomic mass is 35.5. The van der Waals surface area contributed by atoms with Crippen molar-refractivity contribution in [3.05, 3.63) is 76.6 Å². The van der Waals surface area contributed by atoms with E-state index in [1.807, 2.05) is 6.26 Å². The number of amides is 1. The third-order valence-electron chi connectivity index (χ3n) is 5.52. The highest BCUT2D eigenvalue weighted by Gasteiger charge is 2.30. The van der Waals surface area contributed by atoms with Gasteiger partial charge < -0.3 is 15.4 Å². The van der Waals surface area contributed by atoms with Crippen molar-refractivity contribution in [3.63, 3.8) is 0 Å². The van der Waals surface area contributed by atoms with Crippen molar-refractivity contribution in [1.82, 2.24) is 15.3 Å². The Morgan fingerprint density at radius 3 is 2.70 bits per heavy atom. The molecule has 0 saturated carbocycles. The van der Waals surface area contributed by atoms with Crippen LogP contribution in [-0.4, -0.2) is 53.4 Å². The first-order valence-electron chi connectivity index (χ1n) is 11.0. The lowest BCUT2D eigenvalue weighted by Gasteiger charge is -2.25. The Bertz CT molecular complexity index is 1520. The van der Waals surface area contributed by atoms with Crippen molar-refractivity contribution in [2.24, 2.45) is 0 Å². The topological polar surface area (TPSA) is 132 Å². The fourth-order valence-electron chi connectivity index (χ4n) is 3.70. The van der Waals surface area contributed by atoms with Crippen LogP contribution in [0.3, 0.4) is 0 Å². The highest BCUT2D eigenvalue weighted by molar-refractivity contribution is 7.98. The Morgan fingerprint density at radius 2 is 2.03 bits per heavy atom. The fourth-order valence-corrected chi connectivity index (χ4v) is 7.11. The molecule has 0 aliphatic rings. The largest absolute Gasteiger partial charge is 0.480 e. The number of carboxylic acid groups (broad SMARTS) is 1. The molecule has 3 N–H and O–H groups in total. The van der Waals surface area contributed by atoms with Crippen LogP contribution in [0, 0.1) is 0 Å². The molecule has 4 aromatic rings. The lowest BCUT2D eigenvalue weighted by atomic mass is 10.2. The van der Waals surface area contributed by atoms with Crippen LogP contribution in [-0.2, 0) is 21.4 Å². The molecular formula is C24H23ClN4O5S3. The molecule has 1 atom stereocenters. The molecule has 2 aromatic carbocycles. The normalized spacial score (nSPS) is 12.4. The number of anilines is 1. The van der Waals surface area contributed by atoms with Gasteiger partial charge in [-0.05, 0) is 48.8 Å². The molecule has 194 valence electrons. The lowest BCUT2D eigenvalue weighted by Crippen LogP contribution is -2.40. The minimum absolute atomic E-state index is 0.0557. The maximum Gasteiger partial charge on any atom is 0.326 e. The summed E-state index contributed by atoms with van der Waals surface area (Å²) in [5, 5.41) is 12.7. The average molecular weight is 579 g/mol. The van der Waals surface area contributed by atoms with Gasteiger partial charge in [-0.3, -0.25) is 9.10 Å². The SMILES string of the molecule is CSCC[C@H](NC(=O)c1cc2c(N(Cc3cnc[nH]3)S(=O)(=O)c3ccccc3Cl)cccc2s1)C(=O)O. The Hall–Kier alpha value is -3.06. The molecule has 0 radical (unpaired) electrons. The summed E-state index contributed by atoms with van der Waals surface area (Å²) in [7, 11) is -4.13. The Kier molecular flexibility index (Phi) is 8.42. The number of benzene rings is 2. The Balaban J connectivity index is 1.77. The van der Waals surface area contributed by atoms with E-state index in [1.165, 1.54) is 40.7 Å². The number of nitrogens with one attached hydrogen (secondary N) is 2. The van der Waals surface area contributed by atoms with Gasteiger partial charge in [-0.15, -0.1) is 11.3 Å². The van der Waals surface area contributed by atoms with Gasteiger partial charge >= 0.3 is 5.97 Å². The molecule has 0 spiro atoms. The van der Waals surface area contributed by atoms with E-state index in [0.29, 0.717) is 27.2 Å². The van der Waals surface area contributed by atoms with Gasteiger partial charge in [-0.2, -0.15) is 11.8 Å². The number of aromatic nitrogens is 2. The minimum atomic E-state index is -4.13. The van der Waals surface area contributed by atoms with Gasteiger partial charge in [0.05, 0.1) is 34.2 Å². The molecule has 0 aliphatic heterocycles. The summed E-state index contributed by atoms with van der Waals surface area (Å²) in [5.41, 5.74) is 0.901. The van der Waals surface area contributed by atoms with Gasteiger partial charge in [0.15, 0.2) is 0 Å². The zero-order valence-electron chi connectivity index (χ0n) is 19.5. The van der Waals surface area contributed by atoms with Crippen LogP contribution in [0.25, 0.3) is 10.1 Å². The second kappa shape index (κ2) is 11.5. The number of H-pyrrole nitrogens is 1. The number of hydrogen-bond acceptors (Lipinski definition) is 7. The maximum atomic E-state index is 13.8. The number of nitrogens with zero attached hydrogens (tertiary/aromatic N) is 2. The molecule has 2 heterocycles. The molecule has 2 aromatic heterocycles. The number of halogens is 1. The number of thioether (sulfide) groups is 1. The van der Waals surface area contributed by atoms with Crippen molar-refractivity contribution >= 4 is 72.4 Å². The molecule has 13 heteroatoms. The van der Waals surface area contributed by atoms with Crippen molar-refractivity contribution < 1.29 is 23.1 Å². The number of fused-ring (bicyclic) bond motifs is 1. The predicted octanol–water partition coefficient (Wildman–Crippen LogP) is 4.61. The summed E-state index contributed by atoms with van der Waals surface area (Å²) in [6.45, 7) is -0.0557. The number of aliphatic carboxylic acids is 1. The number of imidazole rings is 1. The molecular weight excluding hydrogens is 556 g/mol. The van der Waals surface area contributed by atoms with E-state index in [1.54, 1.807) is 36.4 Å². The van der Waals surface area contributed by atoms with E-state index in [9.17, 15) is 23.1 Å². The van der Waals surface area contributed by atoms with E-state index < -0.39 is 27.9 Å². The van der Waals surface area contributed by atoms with E-state index in [4.69, 9.17) is 11.6 Å². The fraction of sp³-hybridized carbons (Fsp3) is 0.208. The van der Waals surface area contributed by atoms with Crippen LogP contribution in [0.2, 0.25) is 5.02 Å². The number of rotatable bonds is 11. The van der Waals surface area contributed by atoms with Crippen LogP contribution < -0.4 is 9.62 Å². The predicted molar refractivity (Wildman–Crippen MR) is 147 cm³/mol. The lowest BCUT2D eigenvalue weighted by molar-refractivity contribution is -0.139. The monoisotopic (exact) mass is 578 g/mol. The summed E-state index contributed by atoms with van der Waals surface area (Å²) in [5.74, 6) is -1.06. The average Bonchev–Trinajstić information content (AvgIpc) is 3.55. The van der Waals surface area contributed by atoms with Crippen LogP contribution in [0.5, 0.6) is 0 Å². The molecule has 9 nitrogen and oxygen atoms in total. The third-order valence-corrected chi connectivity index (χ3v) is 9.52. The number of carboxylic acids is 1. The highest BCUT2D eigenvalue weighted by Crippen LogP contribution is 2.37. The molecule has 0 aliphatic carbocycles. The molecule has 4 rings (SSSR count). The quantitative estimate of drug-likeness (QED) is 0.237. The number of carbonyl (C=O) groups excluding carboxylic acids is 1. The smallest absolute Gasteiger partial charge is 0.326 e. The first kappa shape index (κ1) is 27.0. The first-order chi connectivity index (χ1) is 17.7. The van der Waals surface area contributed by atoms with Gasteiger partial charge in [-0.25, -0.2) is 18.2 Å². The Labute approximate surface area is 226 Å². The minimum Gasteiger partial charge on any atom is -0.480 e. The number of hydrogen-bond donors (Lipinski definition) is 3. The Morgan fingerprint density at radius 1 is 1.24 bits per heavy atom. The first-order valence-corrected chi connectivity index (χ1v) is 15.0. The van der Waals surface area contributed by atoms with E-state index in [0.717, 1.165) is 11.3 Å². The zero-order chi connectivity index (χ0) is 26.6. The molecule has 37 heavy (non-hydrogen) atoms. The number of thiophene rings is 1. The van der Waals surface area contributed by atoms with Gasteiger partial charge in [-0.1, -0.05) is 29.8 Å². The standard InChI is InChI=1S/C24H23ClN4O5S3/c1-35-10-9-18(24(31)32)28-23(30)21-11-16-19(6-4-7-20(16)36-21)29(13-15-12-26-14-27-15)37(33,34)22-8-3-2-5-17(22)25/h2-8,11-12,14,18H,9-10,13H2,1H3,(H,26,27)(H,28,30)(H,31,32)/t18-/m0/s1. The van der Waals surface area contributed by atoms with Crippen LogP contribution >= 0.6 is 34.7 Å². The summed E-state index contributed by atoms with van der Waals surface area (Å²) < 4.78 is 29.6. The van der Waals surface area contributed by atoms with Crippen LogP contribution in [0.4, 0.5) is 5.69 Å². The molecule has 0 bridgehead atoms. The van der Waals surface area contributed by atoms with Gasteiger partial charge in [0.2, 0.25) is 0 Å². The van der Waals surface area contributed by atoms with Gasteiger partial charge in [0.25, 0.3) is 15.9 Å². The van der Waals surface area contributed by atoms with E-state index >= 15 is 0 Å². The molecule has 0 unspecified atom stereocenters. The van der Waals surface area contributed by atoms with Crippen molar-refractivity contribution in [1.29, 1.82) is 0 Å². The van der Waals surface area contributed by atoms with Crippen molar-refractivity contribution in [2.45, 2.75) is 23.9 Å². The van der Waals surface area contributed by atoms with Crippen LogP contribution in [0.15, 0.2) is 66.0 Å². The molecule has 0 fully saturated rings. The number of sulfonamides is 1. The summed E-state index contributed by atoms with van der Waals surface area (Å²) >= 11 is 8.92. The summed E-state index contributed by atoms with van der Waals surface area (Å²) in [6, 6.07) is 11.9. The van der Waals surface area contributed by atoms with Gasteiger partial charge in [0.1, 0.15) is 10.9 Å². The second-order valence-electron chi connectivity index (χ2n) is 7.96. The zero-order valence-corrected chi connectivity index (χ0v) is 22.8. The second-order valence-corrected chi connectivity index (χ2v) is 12.3. The number of aromatic amines is 1. The number of carbonyl (C=O) groups is 2. The summed E-state index contributed by atoms with van der Waals surface area (Å²) in [4.78, 5) is 31.7. The third kappa shape index (κ3) is 5.93. The van der Waals surface area contributed by atoms with Gasteiger partial charge in [0, 0.05) is 16.3 Å². The van der Waals surface area contributed by atoms with Crippen molar-refractivity contribution in [2.75, 3.05) is 16.3 Å². The molecule has 0 saturated heterocycles. The molecule has 1 amide bonds. The van der Waals surface area contributed by atoms with Crippen LogP contribution in [0.1, 0.15) is 21.8 Å².